The fourth-order valence-electron chi connectivity index (χ4n) is 3.57. The van der Waals surface area contributed by atoms with Crippen molar-refractivity contribution in [3.63, 3.8) is 0 Å². The maximum absolute atomic E-state index is 12.8. The molecule has 3 aromatic rings. The van der Waals surface area contributed by atoms with Crippen LogP contribution < -0.4 is 5.32 Å². The Bertz CT molecular complexity index is 1030. The molecule has 1 saturated heterocycles. The summed E-state index contributed by atoms with van der Waals surface area (Å²) in [5, 5.41) is 3.47. The van der Waals surface area contributed by atoms with Crippen LogP contribution in [0.4, 0.5) is 0 Å². The van der Waals surface area contributed by atoms with Crippen molar-refractivity contribution in [3.8, 4) is 11.1 Å². The van der Waals surface area contributed by atoms with Crippen molar-refractivity contribution in [2.45, 2.75) is 18.9 Å². The van der Waals surface area contributed by atoms with Gasteiger partial charge in [0.2, 0.25) is 0 Å². The first-order valence-electron chi connectivity index (χ1n) is 9.82. The molecule has 1 N–H and O–H groups in total. The van der Waals surface area contributed by atoms with Gasteiger partial charge in [0.05, 0.1) is 10.6 Å². The van der Waals surface area contributed by atoms with Gasteiger partial charge in [-0.2, -0.15) is 0 Å². The van der Waals surface area contributed by atoms with Crippen molar-refractivity contribution in [3.05, 3.63) is 83.4 Å². The van der Waals surface area contributed by atoms with Crippen LogP contribution in [0.2, 0.25) is 5.02 Å². The Hall–Kier alpha value is -3.25. The fraction of sp³-hybridized carbons (Fsp3) is 0.217. The van der Waals surface area contributed by atoms with Gasteiger partial charge in [-0.3, -0.25) is 9.59 Å². The van der Waals surface area contributed by atoms with Gasteiger partial charge >= 0.3 is 0 Å². The molecule has 2 heterocycles. The van der Waals surface area contributed by atoms with Crippen LogP contribution in [-0.2, 0) is 0 Å². The van der Waals surface area contributed by atoms with Crippen molar-refractivity contribution in [2.24, 2.45) is 0 Å². The Morgan fingerprint density at radius 3 is 2.27 bits per heavy atom. The molecule has 1 aromatic heterocycles. The number of hydrogen-bond acceptors (Lipinski definition) is 4. The average molecular weight is 421 g/mol. The van der Waals surface area contributed by atoms with Gasteiger partial charge in [0.15, 0.2) is 0 Å². The number of hydrogen-bond donors (Lipinski definition) is 1. The van der Waals surface area contributed by atoms with E-state index in [1.54, 1.807) is 36.7 Å². The van der Waals surface area contributed by atoms with E-state index in [-0.39, 0.29) is 17.9 Å². The zero-order chi connectivity index (χ0) is 20.9. The van der Waals surface area contributed by atoms with E-state index in [4.69, 9.17) is 11.6 Å². The number of nitrogens with one attached hydrogen (secondary N) is 1. The topological polar surface area (TPSA) is 75.2 Å². The van der Waals surface area contributed by atoms with Crippen molar-refractivity contribution < 1.29 is 9.59 Å². The lowest BCUT2D eigenvalue weighted by Crippen LogP contribution is -2.46. The minimum absolute atomic E-state index is 0.00161. The van der Waals surface area contributed by atoms with Gasteiger partial charge in [-0.05, 0) is 42.7 Å². The molecule has 1 aliphatic heterocycles. The van der Waals surface area contributed by atoms with Gasteiger partial charge in [0.25, 0.3) is 11.8 Å². The molecular weight excluding hydrogens is 400 g/mol. The number of carbonyl (C=O) groups is 2. The number of carbonyl (C=O) groups excluding carboxylic acids is 2. The summed E-state index contributed by atoms with van der Waals surface area (Å²) in [4.78, 5) is 35.1. The van der Waals surface area contributed by atoms with E-state index in [0.717, 1.165) is 11.1 Å². The lowest BCUT2D eigenvalue weighted by atomic mass is 10.0. The van der Waals surface area contributed by atoms with Crippen LogP contribution in [0.25, 0.3) is 11.1 Å². The molecule has 7 heteroatoms. The smallest absolute Gasteiger partial charge is 0.253 e. The van der Waals surface area contributed by atoms with Crippen LogP contribution >= 0.6 is 11.6 Å². The molecule has 1 aliphatic rings. The molecule has 0 saturated carbocycles. The van der Waals surface area contributed by atoms with Gasteiger partial charge in [-0.25, -0.2) is 9.97 Å². The summed E-state index contributed by atoms with van der Waals surface area (Å²) in [6.07, 6.45) is 6.39. The number of benzene rings is 2. The molecule has 0 aliphatic carbocycles. The highest BCUT2D eigenvalue weighted by Crippen LogP contribution is 2.20. The predicted octanol–water partition coefficient (Wildman–Crippen LogP) is 3.83. The molecule has 30 heavy (non-hydrogen) atoms. The standard InChI is InChI=1S/C23H21ClN4O2/c24-21-4-2-1-3-20(21)22(29)27-19-9-11-28(12-10-19)23(30)17-7-5-16(6-8-17)18-13-25-15-26-14-18/h1-8,13-15,19H,9-12H2,(H,27,29). The second-order valence-corrected chi connectivity index (χ2v) is 7.63. The molecule has 1 fully saturated rings. The normalized spacial score (nSPS) is 14.4. The summed E-state index contributed by atoms with van der Waals surface area (Å²) >= 11 is 6.10. The molecular formula is C23H21ClN4O2. The zero-order valence-electron chi connectivity index (χ0n) is 16.3. The molecule has 2 amide bonds. The number of amides is 2. The lowest BCUT2D eigenvalue weighted by Gasteiger charge is -2.32. The molecule has 0 bridgehead atoms. The highest BCUT2D eigenvalue weighted by molar-refractivity contribution is 6.33. The Balaban J connectivity index is 1.33. The molecule has 6 nitrogen and oxygen atoms in total. The average Bonchev–Trinajstić information content (AvgIpc) is 2.80. The first kappa shape index (κ1) is 20.0. The quantitative estimate of drug-likeness (QED) is 0.696. The third kappa shape index (κ3) is 4.49. The largest absolute Gasteiger partial charge is 0.349 e. The van der Waals surface area contributed by atoms with Gasteiger partial charge in [0.1, 0.15) is 6.33 Å². The summed E-state index contributed by atoms with van der Waals surface area (Å²) in [5.41, 5.74) is 3.00. The van der Waals surface area contributed by atoms with E-state index < -0.39 is 0 Å². The van der Waals surface area contributed by atoms with E-state index >= 15 is 0 Å². The highest BCUT2D eigenvalue weighted by atomic mass is 35.5. The Kier molecular flexibility index (Phi) is 6.05. The van der Waals surface area contributed by atoms with E-state index in [1.807, 2.05) is 29.2 Å². The Morgan fingerprint density at radius 2 is 1.60 bits per heavy atom. The van der Waals surface area contributed by atoms with Crippen LogP contribution in [0, 0.1) is 0 Å². The SMILES string of the molecule is O=C(NC1CCN(C(=O)c2ccc(-c3cncnc3)cc2)CC1)c1ccccc1Cl. The van der Waals surface area contributed by atoms with Crippen LogP contribution in [0.3, 0.4) is 0 Å². The summed E-state index contributed by atoms with van der Waals surface area (Å²) in [6.45, 7) is 1.20. The van der Waals surface area contributed by atoms with Crippen LogP contribution in [-0.4, -0.2) is 45.8 Å². The van der Waals surface area contributed by atoms with Gasteiger partial charge < -0.3 is 10.2 Å². The molecule has 0 atom stereocenters. The second-order valence-electron chi connectivity index (χ2n) is 7.22. The van der Waals surface area contributed by atoms with Crippen molar-refractivity contribution in [1.82, 2.24) is 20.2 Å². The fourth-order valence-corrected chi connectivity index (χ4v) is 3.79. The zero-order valence-corrected chi connectivity index (χ0v) is 17.0. The monoisotopic (exact) mass is 420 g/mol. The van der Waals surface area contributed by atoms with E-state index in [2.05, 4.69) is 15.3 Å². The van der Waals surface area contributed by atoms with E-state index in [1.165, 1.54) is 6.33 Å². The van der Waals surface area contributed by atoms with Crippen LogP contribution in [0.1, 0.15) is 33.6 Å². The minimum Gasteiger partial charge on any atom is -0.349 e. The molecule has 2 aromatic carbocycles. The van der Waals surface area contributed by atoms with Crippen molar-refractivity contribution in [2.75, 3.05) is 13.1 Å². The number of nitrogens with zero attached hydrogens (tertiary/aromatic N) is 3. The molecule has 152 valence electrons. The summed E-state index contributed by atoms with van der Waals surface area (Å²) in [5.74, 6) is -0.174. The number of piperidine rings is 1. The third-order valence-electron chi connectivity index (χ3n) is 5.26. The first-order chi connectivity index (χ1) is 14.6. The van der Waals surface area contributed by atoms with Gasteiger partial charge in [-0.15, -0.1) is 0 Å². The predicted molar refractivity (Wildman–Crippen MR) is 115 cm³/mol. The van der Waals surface area contributed by atoms with Crippen molar-refractivity contribution in [1.29, 1.82) is 0 Å². The highest BCUT2D eigenvalue weighted by Gasteiger charge is 2.25. The number of rotatable bonds is 4. The number of aromatic nitrogens is 2. The van der Waals surface area contributed by atoms with Crippen LogP contribution in [0.15, 0.2) is 67.3 Å². The maximum Gasteiger partial charge on any atom is 0.253 e. The summed E-state index contributed by atoms with van der Waals surface area (Å²) < 4.78 is 0. The molecule has 0 unspecified atom stereocenters. The van der Waals surface area contributed by atoms with Crippen LogP contribution in [0.5, 0.6) is 0 Å². The van der Waals surface area contributed by atoms with E-state index in [0.29, 0.717) is 42.1 Å². The third-order valence-corrected chi connectivity index (χ3v) is 5.59. The second kappa shape index (κ2) is 9.05. The molecule has 4 rings (SSSR count). The van der Waals surface area contributed by atoms with Gasteiger partial charge in [0, 0.05) is 42.7 Å². The number of likely N-dealkylation sites (tertiary alicyclic amines) is 1. The van der Waals surface area contributed by atoms with Gasteiger partial charge in [-0.1, -0.05) is 35.9 Å². The molecule has 0 radical (unpaired) electrons. The lowest BCUT2D eigenvalue weighted by molar-refractivity contribution is 0.0698. The number of halogens is 1. The Morgan fingerprint density at radius 1 is 0.933 bits per heavy atom. The summed E-state index contributed by atoms with van der Waals surface area (Å²) in [7, 11) is 0. The minimum atomic E-state index is -0.175. The maximum atomic E-state index is 12.8. The summed E-state index contributed by atoms with van der Waals surface area (Å²) in [6, 6.07) is 14.5. The van der Waals surface area contributed by atoms with E-state index in [9.17, 15) is 9.59 Å². The first-order valence-corrected chi connectivity index (χ1v) is 10.2. The van der Waals surface area contributed by atoms with Crippen molar-refractivity contribution >= 4 is 23.4 Å². The Labute approximate surface area is 179 Å². The molecule has 0 spiro atoms.